The van der Waals surface area contributed by atoms with Crippen LogP contribution in [0.15, 0.2) is 12.3 Å². The third-order valence-electron chi connectivity index (χ3n) is 1.83. The van der Waals surface area contributed by atoms with Gasteiger partial charge in [0.1, 0.15) is 0 Å². The summed E-state index contributed by atoms with van der Waals surface area (Å²) in [6.45, 7) is 4.80. The van der Waals surface area contributed by atoms with Crippen molar-refractivity contribution in [2.45, 2.75) is 20.4 Å². The summed E-state index contributed by atoms with van der Waals surface area (Å²) in [4.78, 5) is 10.5. The molecule has 0 aliphatic carbocycles. The number of aryl methyl sites for hydroxylation is 1. The summed E-state index contributed by atoms with van der Waals surface area (Å²) in [5.41, 5.74) is 1.97. The Kier molecular flexibility index (Phi) is 3.25. The topological polar surface area (TPSA) is 34.9 Å². The molecule has 3 nitrogen and oxygen atoms in total. The number of rotatable bonds is 3. The highest BCUT2D eigenvalue weighted by Crippen LogP contribution is 2.09. The van der Waals surface area contributed by atoms with Gasteiger partial charge in [0.05, 0.1) is 6.20 Å². The van der Waals surface area contributed by atoms with Gasteiger partial charge in [-0.1, -0.05) is 0 Å². The van der Waals surface area contributed by atoms with Crippen LogP contribution in [-0.2, 0) is 11.3 Å². The summed E-state index contributed by atoms with van der Waals surface area (Å²) in [6.07, 6.45) is 4.71. The fourth-order valence-corrected chi connectivity index (χ4v) is 1.16. The van der Waals surface area contributed by atoms with E-state index in [0.717, 1.165) is 17.8 Å². The fraction of sp³-hybridized carbons (Fsp3) is 0.333. The van der Waals surface area contributed by atoms with Gasteiger partial charge in [0, 0.05) is 17.8 Å². The SMILES string of the molecule is CCn1ncc(/C=C/C(=O)Cl)c1C. The molecule has 0 saturated carbocycles. The van der Waals surface area contributed by atoms with Crippen LogP contribution in [0, 0.1) is 6.92 Å². The lowest BCUT2D eigenvalue weighted by Gasteiger charge is -1.97. The summed E-state index contributed by atoms with van der Waals surface area (Å²) in [6, 6.07) is 0. The van der Waals surface area contributed by atoms with Crippen LogP contribution in [0.4, 0.5) is 0 Å². The molecule has 1 aromatic rings. The van der Waals surface area contributed by atoms with E-state index in [2.05, 4.69) is 5.10 Å². The maximum atomic E-state index is 10.5. The molecule has 0 saturated heterocycles. The molecule has 70 valence electrons. The van der Waals surface area contributed by atoms with Gasteiger partial charge < -0.3 is 0 Å². The van der Waals surface area contributed by atoms with Crippen molar-refractivity contribution in [3.05, 3.63) is 23.5 Å². The van der Waals surface area contributed by atoms with Gasteiger partial charge in [0.25, 0.3) is 0 Å². The van der Waals surface area contributed by atoms with E-state index in [1.165, 1.54) is 6.08 Å². The number of hydrogen-bond donors (Lipinski definition) is 0. The van der Waals surface area contributed by atoms with E-state index in [0.29, 0.717) is 0 Å². The molecule has 1 heterocycles. The van der Waals surface area contributed by atoms with Crippen LogP contribution in [0.1, 0.15) is 18.2 Å². The number of carbonyl (C=O) groups excluding carboxylic acids is 1. The molecule has 1 rings (SSSR count). The van der Waals surface area contributed by atoms with Gasteiger partial charge in [0.2, 0.25) is 5.24 Å². The number of nitrogens with zero attached hydrogens (tertiary/aromatic N) is 2. The van der Waals surface area contributed by atoms with Crippen molar-refractivity contribution >= 4 is 22.9 Å². The zero-order valence-corrected chi connectivity index (χ0v) is 8.38. The first-order valence-corrected chi connectivity index (χ1v) is 4.43. The van der Waals surface area contributed by atoms with E-state index in [4.69, 9.17) is 11.6 Å². The smallest absolute Gasteiger partial charge is 0.245 e. The molecule has 0 radical (unpaired) electrons. The third kappa shape index (κ3) is 2.42. The monoisotopic (exact) mass is 198 g/mol. The van der Waals surface area contributed by atoms with E-state index in [1.807, 2.05) is 18.5 Å². The van der Waals surface area contributed by atoms with Crippen molar-refractivity contribution < 1.29 is 4.79 Å². The van der Waals surface area contributed by atoms with Gasteiger partial charge >= 0.3 is 0 Å². The summed E-state index contributed by atoms with van der Waals surface area (Å²) in [7, 11) is 0. The molecule has 0 aliphatic rings. The Bertz CT molecular complexity index is 341. The molecule has 0 aromatic carbocycles. The summed E-state index contributed by atoms with van der Waals surface area (Å²) in [5, 5.41) is 3.65. The molecule has 4 heteroatoms. The average molecular weight is 199 g/mol. The van der Waals surface area contributed by atoms with Crippen LogP contribution < -0.4 is 0 Å². The standard InChI is InChI=1S/C9H11ClN2O/c1-3-12-7(2)8(6-11-12)4-5-9(10)13/h4-6H,3H2,1-2H3/b5-4+. The molecule has 0 fully saturated rings. The quantitative estimate of drug-likeness (QED) is 0.550. The third-order valence-corrected chi connectivity index (χ3v) is 1.96. The second-order valence-electron chi connectivity index (χ2n) is 2.64. The minimum Gasteiger partial charge on any atom is -0.276 e. The maximum Gasteiger partial charge on any atom is 0.245 e. The lowest BCUT2D eigenvalue weighted by molar-refractivity contribution is -0.107. The summed E-state index contributed by atoms with van der Waals surface area (Å²) >= 11 is 5.17. The highest BCUT2D eigenvalue weighted by Gasteiger charge is 2.01. The summed E-state index contributed by atoms with van der Waals surface area (Å²) in [5.74, 6) is 0. The average Bonchev–Trinajstić information content (AvgIpc) is 2.43. The Morgan fingerprint density at radius 1 is 1.77 bits per heavy atom. The zero-order chi connectivity index (χ0) is 9.84. The Morgan fingerprint density at radius 3 is 2.92 bits per heavy atom. The molecular weight excluding hydrogens is 188 g/mol. The Balaban J connectivity index is 2.90. The minimum atomic E-state index is -0.469. The van der Waals surface area contributed by atoms with Crippen molar-refractivity contribution in [3.8, 4) is 0 Å². The molecular formula is C9H11ClN2O. The number of halogens is 1. The lowest BCUT2D eigenvalue weighted by Crippen LogP contribution is -1.98. The molecule has 0 atom stereocenters. The first-order valence-electron chi connectivity index (χ1n) is 4.05. The van der Waals surface area contributed by atoms with Crippen molar-refractivity contribution in [1.82, 2.24) is 9.78 Å². The van der Waals surface area contributed by atoms with Crippen molar-refractivity contribution in [3.63, 3.8) is 0 Å². The molecule has 0 bridgehead atoms. The van der Waals surface area contributed by atoms with Gasteiger partial charge in [-0.3, -0.25) is 9.48 Å². The predicted octanol–water partition coefficient (Wildman–Crippen LogP) is 1.99. The largest absolute Gasteiger partial charge is 0.276 e. The second kappa shape index (κ2) is 4.23. The van der Waals surface area contributed by atoms with Crippen molar-refractivity contribution in [2.75, 3.05) is 0 Å². The molecule has 0 amide bonds. The number of aromatic nitrogens is 2. The van der Waals surface area contributed by atoms with Crippen LogP contribution in [-0.4, -0.2) is 15.0 Å². The Hall–Kier alpha value is -1.09. The van der Waals surface area contributed by atoms with Crippen LogP contribution >= 0.6 is 11.6 Å². The first kappa shape index (κ1) is 9.99. The van der Waals surface area contributed by atoms with Crippen molar-refractivity contribution in [1.29, 1.82) is 0 Å². The zero-order valence-electron chi connectivity index (χ0n) is 7.62. The molecule has 0 spiro atoms. The fourth-order valence-electron chi connectivity index (χ4n) is 1.10. The van der Waals surface area contributed by atoms with E-state index in [1.54, 1.807) is 12.3 Å². The van der Waals surface area contributed by atoms with E-state index >= 15 is 0 Å². The molecule has 0 unspecified atom stereocenters. The van der Waals surface area contributed by atoms with E-state index < -0.39 is 5.24 Å². The van der Waals surface area contributed by atoms with Gasteiger partial charge in [-0.05, 0) is 37.6 Å². The van der Waals surface area contributed by atoms with Crippen LogP contribution in [0.25, 0.3) is 6.08 Å². The molecule has 0 aliphatic heterocycles. The molecule has 0 N–H and O–H groups in total. The lowest BCUT2D eigenvalue weighted by atomic mass is 10.2. The second-order valence-corrected chi connectivity index (χ2v) is 3.01. The number of allylic oxidation sites excluding steroid dienone is 1. The van der Waals surface area contributed by atoms with E-state index in [9.17, 15) is 4.79 Å². The van der Waals surface area contributed by atoms with Crippen molar-refractivity contribution in [2.24, 2.45) is 0 Å². The number of hydrogen-bond acceptors (Lipinski definition) is 2. The van der Waals surface area contributed by atoms with Gasteiger partial charge in [-0.25, -0.2) is 0 Å². The predicted molar refractivity (Wildman–Crippen MR) is 52.5 cm³/mol. The van der Waals surface area contributed by atoms with E-state index in [-0.39, 0.29) is 0 Å². The molecule has 13 heavy (non-hydrogen) atoms. The first-order chi connectivity index (χ1) is 6.15. The van der Waals surface area contributed by atoms with Gasteiger partial charge in [-0.15, -0.1) is 0 Å². The Morgan fingerprint density at radius 2 is 2.46 bits per heavy atom. The molecule has 1 aromatic heterocycles. The maximum absolute atomic E-state index is 10.5. The van der Waals surface area contributed by atoms with Gasteiger partial charge in [0.15, 0.2) is 0 Å². The van der Waals surface area contributed by atoms with Crippen LogP contribution in [0.3, 0.4) is 0 Å². The number of carbonyl (C=O) groups is 1. The Labute approximate surface area is 82.0 Å². The minimum absolute atomic E-state index is 0.469. The van der Waals surface area contributed by atoms with Crippen LogP contribution in [0.5, 0.6) is 0 Å². The summed E-state index contributed by atoms with van der Waals surface area (Å²) < 4.78 is 1.86. The normalized spacial score (nSPS) is 11.0. The highest BCUT2D eigenvalue weighted by molar-refractivity contribution is 6.66. The van der Waals surface area contributed by atoms with Crippen LogP contribution in [0.2, 0.25) is 0 Å². The highest BCUT2D eigenvalue weighted by atomic mass is 35.5. The van der Waals surface area contributed by atoms with Gasteiger partial charge in [-0.2, -0.15) is 5.10 Å².